The monoisotopic (exact) mass is 600 g/mol. The molecule has 0 aliphatic carbocycles. The number of benzene rings is 2. The van der Waals surface area contributed by atoms with Gasteiger partial charge in [-0.1, -0.05) is 125 Å². The van der Waals surface area contributed by atoms with Gasteiger partial charge in [-0.05, 0) is 50.2 Å². The first kappa shape index (κ1) is 36.6. The summed E-state index contributed by atoms with van der Waals surface area (Å²) in [5.41, 5.74) is 2.43. The highest BCUT2D eigenvalue weighted by Gasteiger charge is 2.40. The van der Waals surface area contributed by atoms with E-state index < -0.39 is 8.80 Å². The number of hydrogen-bond donors (Lipinski definition) is 0. The second kappa shape index (κ2) is 25.9. The van der Waals surface area contributed by atoms with Crippen molar-refractivity contribution in [1.82, 2.24) is 0 Å². The van der Waals surface area contributed by atoms with Crippen LogP contribution in [0.25, 0.3) is 0 Å². The smallest absolute Gasteiger partial charge is 0.377 e. The summed E-state index contributed by atoms with van der Waals surface area (Å²) in [6.45, 7) is 9.10. The molecule has 0 N–H and O–H groups in total. The van der Waals surface area contributed by atoms with Crippen molar-refractivity contribution in [2.75, 3.05) is 33.0 Å². The molecule has 238 valence electrons. The summed E-state index contributed by atoms with van der Waals surface area (Å²) >= 11 is 0. The standard InChI is InChI=1S/C36H60O5Si/c1-3-5-6-7-8-9-10-11-12-23-32-42(39-4-2,40-30-21-19-28-37-33-35-24-15-13-16-25-35)41-31-22-20-29-38-34-36-26-17-14-18-27-36/h13-18,24-27H,3-12,19-23,28-34H2,1-2H3. The molecule has 0 saturated carbocycles. The first-order valence-electron chi connectivity index (χ1n) is 16.9. The first-order chi connectivity index (χ1) is 20.8. The predicted molar refractivity (Wildman–Crippen MR) is 177 cm³/mol. The second-order valence-corrected chi connectivity index (χ2v) is 14.0. The number of rotatable bonds is 29. The van der Waals surface area contributed by atoms with Crippen molar-refractivity contribution in [3.63, 3.8) is 0 Å². The fourth-order valence-electron chi connectivity index (χ4n) is 4.99. The van der Waals surface area contributed by atoms with E-state index in [9.17, 15) is 0 Å². The first-order valence-corrected chi connectivity index (χ1v) is 18.9. The summed E-state index contributed by atoms with van der Waals surface area (Å²) < 4.78 is 31.1. The lowest BCUT2D eigenvalue weighted by Crippen LogP contribution is -2.46. The van der Waals surface area contributed by atoms with Crippen LogP contribution in [0.5, 0.6) is 0 Å². The minimum atomic E-state index is -2.71. The number of unbranched alkanes of at least 4 members (excludes halogenated alkanes) is 11. The third-order valence-electron chi connectivity index (χ3n) is 7.43. The van der Waals surface area contributed by atoms with Crippen LogP contribution in [0.2, 0.25) is 6.04 Å². The Balaban J connectivity index is 1.69. The Labute approximate surface area is 259 Å². The molecular weight excluding hydrogens is 540 g/mol. The molecule has 0 radical (unpaired) electrons. The summed E-state index contributed by atoms with van der Waals surface area (Å²) in [4.78, 5) is 0. The molecule has 6 heteroatoms. The van der Waals surface area contributed by atoms with Gasteiger partial charge in [0.25, 0.3) is 0 Å². The van der Waals surface area contributed by atoms with E-state index in [0.717, 1.165) is 51.4 Å². The van der Waals surface area contributed by atoms with E-state index in [0.29, 0.717) is 33.0 Å². The largest absolute Gasteiger partial charge is 0.500 e. The molecular formula is C36H60O5Si. The van der Waals surface area contributed by atoms with Crippen LogP contribution >= 0.6 is 0 Å². The molecule has 2 rings (SSSR count). The molecule has 42 heavy (non-hydrogen) atoms. The highest BCUT2D eigenvalue weighted by atomic mass is 28.4. The van der Waals surface area contributed by atoms with Crippen LogP contribution < -0.4 is 0 Å². The Bertz CT molecular complexity index is 782. The van der Waals surface area contributed by atoms with Gasteiger partial charge < -0.3 is 22.8 Å². The maximum atomic E-state index is 6.51. The van der Waals surface area contributed by atoms with Crippen LogP contribution in [0, 0.1) is 0 Å². The van der Waals surface area contributed by atoms with E-state index in [1.54, 1.807) is 0 Å². The summed E-state index contributed by atoms with van der Waals surface area (Å²) in [5.74, 6) is 0. The van der Waals surface area contributed by atoms with Crippen LogP contribution in [0.4, 0.5) is 0 Å². The van der Waals surface area contributed by atoms with Gasteiger partial charge in [0.15, 0.2) is 0 Å². The maximum absolute atomic E-state index is 6.51. The molecule has 0 fully saturated rings. The van der Waals surface area contributed by atoms with Gasteiger partial charge in [-0.15, -0.1) is 0 Å². The molecule has 0 spiro atoms. The highest BCUT2D eigenvalue weighted by molar-refractivity contribution is 6.60. The molecule has 0 bridgehead atoms. The minimum Gasteiger partial charge on any atom is -0.377 e. The predicted octanol–water partition coefficient (Wildman–Crippen LogP) is 9.91. The van der Waals surface area contributed by atoms with Crippen LogP contribution in [-0.2, 0) is 36.0 Å². The second-order valence-electron chi connectivity index (χ2n) is 11.2. The lowest BCUT2D eigenvalue weighted by Gasteiger charge is -2.29. The topological polar surface area (TPSA) is 46.2 Å². The van der Waals surface area contributed by atoms with Gasteiger partial charge in [0.05, 0.1) is 13.2 Å². The SMILES string of the molecule is CCCCCCCCCCCC[Si](OCC)(OCCCCOCc1ccccc1)OCCCCOCc1ccccc1. The maximum Gasteiger partial charge on any atom is 0.500 e. The van der Waals surface area contributed by atoms with Gasteiger partial charge in [0.2, 0.25) is 0 Å². The van der Waals surface area contributed by atoms with E-state index in [4.69, 9.17) is 22.8 Å². The molecule has 0 atom stereocenters. The van der Waals surface area contributed by atoms with Crippen LogP contribution in [0.15, 0.2) is 60.7 Å². The van der Waals surface area contributed by atoms with Crippen molar-refractivity contribution in [2.24, 2.45) is 0 Å². The lowest BCUT2D eigenvalue weighted by molar-refractivity contribution is 0.0524. The Morgan fingerprint density at radius 1 is 0.452 bits per heavy atom. The summed E-state index contributed by atoms with van der Waals surface area (Å²) in [6, 6.07) is 21.6. The van der Waals surface area contributed by atoms with Gasteiger partial charge in [0.1, 0.15) is 0 Å². The molecule has 0 saturated heterocycles. The van der Waals surface area contributed by atoms with Crippen molar-refractivity contribution in [1.29, 1.82) is 0 Å². The molecule has 0 unspecified atom stereocenters. The molecule has 5 nitrogen and oxygen atoms in total. The fourth-order valence-corrected chi connectivity index (χ4v) is 7.70. The summed E-state index contributed by atoms with van der Waals surface area (Å²) in [7, 11) is -2.71. The summed E-state index contributed by atoms with van der Waals surface area (Å²) in [5, 5.41) is 0. The third kappa shape index (κ3) is 18.9. The Kier molecular flexibility index (Phi) is 22.6. The molecule has 0 aliphatic rings. The minimum absolute atomic E-state index is 0.629. The third-order valence-corrected chi connectivity index (χ3v) is 10.4. The quantitative estimate of drug-likeness (QED) is 0.0687. The molecule has 2 aromatic carbocycles. The van der Waals surface area contributed by atoms with Gasteiger partial charge >= 0.3 is 8.80 Å². The highest BCUT2D eigenvalue weighted by Crippen LogP contribution is 2.22. The van der Waals surface area contributed by atoms with E-state index in [2.05, 4.69) is 62.4 Å². The van der Waals surface area contributed by atoms with E-state index >= 15 is 0 Å². The number of ether oxygens (including phenoxy) is 2. The van der Waals surface area contributed by atoms with Gasteiger partial charge in [-0.2, -0.15) is 0 Å². The average Bonchev–Trinajstić information content (AvgIpc) is 3.02. The van der Waals surface area contributed by atoms with E-state index in [1.165, 1.54) is 68.9 Å². The normalized spacial score (nSPS) is 11.8. The van der Waals surface area contributed by atoms with Crippen LogP contribution in [0.1, 0.15) is 115 Å². The zero-order valence-corrected chi connectivity index (χ0v) is 27.9. The number of hydrogen-bond acceptors (Lipinski definition) is 5. The molecule has 2 aromatic rings. The van der Waals surface area contributed by atoms with Gasteiger partial charge in [-0.25, -0.2) is 0 Å². The Morgan fingerprint density at radius 2 is 0.881 bits per heavy atom. The Hall–Kier alpha value is -1.54. The van der Waals surface area contributed by atoms with Crippen molar-refractivity contribution < 1.29 is 22.8 Å². The fraction of sp³-hybridized carbons (Fsp3) is 0.667. The molecule has 0 amide bonds. The van der Waals surface area contributed by atoms with Crippen molar-refractivity contribution >= 4 is 8.80 Å². The lowest BCUT2D eigenvalue weighted by atomic mass is 10.1. The van der Waals surface area contributed by atoms with Crippen molar-refractivity contribution in [3.8, 4) is 0 Å². The van der Waals surface area contributed by atoms with E-state index in [1.807, 2.05) is 12.1 Å². The molecule has 0 aliphatic heterocycles. The van der Waals surface area contributed by atoms with Crippen molar-refractivity contribution in [2.45, 2.75) is 123 Å². The van der Waals surface area contributed by atoms with Crippen LogP contribution in [-0.4, -0.2) is 41.8 Å². The summed E-state index contributed by atoms with van der Waals surface area (Å²) in [6.07, 6.45) is 17.0. The zero-order chi connectivity index (χ0) is 29.8. The van der Waals surface area contributed by atoms with E-state index in [-0.39, 0.29) is 0 Å². The van der Waals surface area contributed by atoms with Gasteiger partial charge in [0, 0.05) is 39.1 Å². The van der Waals surface area contributed by atoms with Crippen LogP contribution in [0.3, 0.4) is 0 Å². The Morgan fingerprint density at radius 3 is 1.33 bits per heavy atom. The van der Waals surface area contributed by atoms with Crippen molar-refractivity contribution in [3.05, 3.63) is 71.8 Å². The molecule has 0 aromatic heterocycles. The zero-order valence-electron chi connectivity index (χ0n) is 26.9. The molecule has 0 heterocycles. The van der Waals surface area contributed by atoms with Gasteiger partial charge in [-0.3, -0.25) is 0 Å². The average molecular weight is 601 g/mol.